The van der Waals surface area contributed by atoms with E-state index in [0.717, 1.165) is 13.0 Å². The summed E-state index contributed by atoms with van der Waals surface area (Å²) in [6.45, 7) is 3.29. The summed E-state index contributed by atoms with van der Waals surface area (Å²) >= 11 is 0. The molecule has 1 aliphatic rings. The summed E-state index contributed by atoms with van der Waals surface area (Å²) in [5.74, 6) is 0.651. The lowest BCUT2D eigenvalue weighted by Crippen LogP contribution is -2.37. The van der Waals surface area contributed by atoms with Gasteiger partial charge in [-0.05, 0) is 42.9 Å². The Kier molecular flexibility index (Phi) is 5.26. The van der Waals surface area contributed by atoms with E-state index in [0.29, 0.717) is 12.0 Å². The minimum absolute atomic E-state index is 0.389. The maximum atomic E-state index is 6.32. The highest BCUT2D eigenvalue weighted by Crippen LogP contribution is 2.24. The topological polar surface area (TPSA) is 29.3 Å². The second-order valence-electron chi connectivity index (χ2n) is 5.96. The molecule has 2 N–H and O–H groups in total. The summed E-state index contributed by atoms with van der Waals surface area (Å²) < 4.78 is 0. The molecule has 1 aromatic carbocycles. The molecule has 106 valence electrons. The molecular weight excluding hydrogens is 232 g/mol. The molecule has 0 aliphatic heterocycles. The normalized spacial score (nSPS) is 23.9. The predicted molar refractivity (Wildman–Crippen MR) is 83.6 cm³/mol. The third kappa shape index (κ3) is 3.97. The minimum Gasteiger partial charge on any atom is -0.374 e. The molecule has 2 unspecified atom stereocenters. The van der Waals surface area contributed by atoms with Gasteiger partial charge >= 0.3 is 0 Å². The van der Waals surface area contributed by atoms with Gasteiger partial charge in [-0.3, -0.25) is 0 Å². The Hall–Kier alpha value is -1.02. The van der Waals surface area contributed by atoms with Crippen molar-refractivity contribution in [3.05, 3.63) is 29.8 Å². The van der Waals surface area contributed by atoms with E-state index >= 15 is 0 Å². The molecule has 2 rings (SSSR count). The summed E-state index contributed by atoms with van der Waals surface area (Å²) in [7, 11) is 2.19. The summed E-state index contributed by atoms with van der Waals surface area (Å²) in [5.41, 5.74) is 9.04. The van der Waals surface area contributed by atoms with Crippen LogP contribution in [0.4, 0.5) is 5.69 Å². The molecule has 0 radical (unpaired) electrons. The Morgan fingerprint density at radius 2 is 1.79 bits per heavy atom. The molecular formula is C17H28N2. The Bertz CT molecular complexity index is 371. The van der Waals surface area contributed by atoms with Gasteiger partial charge in [-0.15, -0.1) is 0 Å². The van der Waals surface area contributed by atoms with Crippen molar-refractivity contribution >= 4 is 5.69 Å². The van der Waals surface area contributed by atoms with Crippen molar-refractivity contribution in [2.24, 2.45) is 11.7 Å². The number of hydrogen-bond donors (Lipinski definition) is 1. The average Bonchev–Trinajstić information content (AvgIpc) is 2.64. The lowest BCUT2D eigenvalue weighted by molar-refractivity contribution is 0.401. The van der Waals surface area contributed by atoms with Crippen LogP contribution in [0.25, 0.3) is 0 Å². The standard InChI is InChI=1S/C17H28N2/c1-3-14-9-11-16(12-10-14)19(2)13-15-7-5-4-6-8-17(15)18/h9-12,15,17H,3-8,13,18H2,1-2H3. The van der Waals surface area contributed by atoms with Crippen LogP contribution in [-0.2, 0) is 6.42 Å². The first-order valence-corrected chi connectivity index (χ1v) is 7.76. The van der Waals surface area contributed by atoms with Crippen LogP contribution in [0.2, 0.25) is 0 Å². The van der Waals surface area contributed by atoms with Crippen LogP contribution >= 0.6 is 0 Å². The van der Waals surface area contributed by atoms with Gasteiger partial charge in [0.1, 0.15) is 0 Å². The highest BCUT2D eigenvalue weighted by molar-refractivity contribution is 5.46. The van der Waals surface area contributed by atoms with Gasteiger partial charge in [0.25, 0.3) is 0 Å². The van der Waals surface area contributed by atoms with E-state index in [1.165, 1.54) is 43.4 Å². The largest absolute Gasteiger partial charge is 0.374 e. The zero-order valence-electron chi connectivity index (χ0n) is 12.4. The molecule has 0 amide bonds. The maximum absolute atomic E-state index is 6.32. The molecule has 19 heavy (non-hydrogen) atoms. The Balaban J connectivity index is 1.96. The van der Waals surface area contributed by atoms with E-state index in [1.807, 2.05) is 0 Å². The molecule has 1 saturated carbocycles. The number of rotatable bonds is 4. The third-order valence-electron chi connectivity index (χ3n) is 4.51. The fourth-order valence-electron chi connectivity index (χ4n) is 3.08. The molecule has 0 spiro atoms. The maximum Gasteiger partial charge on any atom is 0.0363 e. The Morgan fingerprint density at radius 3 is 2.47 bits per heavy atom. The first-order valence-electron chi connectivity index (χ1n) is 7.76. The highest BCUT2D eigenvalue weighted by Gasteiger charge is 2.21. The Morgan fingerprint density at radius 1 is 1.11 bits per heavy atom. The fourth-order valence-corrected chi connectivity index (χ4v) is 3.08. The Labute approximate surface area is 118 Å². The van der Waals surface area contributed by atoms with Gasteiger partial charge in [-0.2, -0.15) is 0 Å². The monoisotopic (exact) mass is 260 g/mol. The molecule has 0 saturated heterocycles. The first kappa shape index (κ1) is 14.4. The van der Waals surface area contributed by atoms with Gasteiger partial charge in [0.05, 0.1) is 0 Å². The summed E-state index contributed by atoms with van der Waals surface area (Å²) in [4.78, 5) is 2.37. The van der Waals surface area contributed by atoms with Gasteiger partial charge < -0.3 is 10.6 Å². The van der Waals surface area contributed by atoms with E-state index in [-0.39, 0.29) is 0 Å². The first-order chi connectivity index (χ1) is 9.20. The zero-order chi connectivity index (χ0) is 13.7. The summed E-state index contributed by atoms with van der Waals surface area (Å²) in [5, 5.41) is 0. The number of anilines is 1. The number of nitrogens with two attached hydrogens (primary N) is 1. The molecule has 0 heterocycles. The third-order valence-corrected chi connectivity index (χ3v) is 4.51. The van der Waals surface area contributed by atoms with Crippen molar-refractivity contribution in [1.82, 2.24) is 0 Å². The average molecular weight is 260 g/mol. The highest BCUT2D eigenvalue weighted by atomic mass is 15.1. The van der Waals surface area contributed by atoms with E-state index in [1.54, 1.807) is 0 Å². The van der Waals surface area contributed by atoms with E-state index in [2.05, 4.69) is 43.1 Å². The molecule has 2 nitrogen and oxygen atoms in total. The zero-order valence-corrected chi connectivity index (χ0v) is 12.4. The lowest BCUT2D eigenvalue weighted by atomic mass is 9.95. The van der Waals surface area contributed by atoms with Crippen molar-refractivity contribution in [2.75, 3.05) is 18.5 Å². The number of aryl methyl sites for hydroxylation is 1. The van der Waals surface area contributed by atoms with Crippen LogP contribution in [0.1, 0.15) is 44.6 Å². The SMILES string of the molecule is CCc1ccc(N(C)CC2CCCCCC2N)cc1. The lowest BCUT2D eigenvalue weighted by Gasteiger charge is -2.28. The minimum atomic E-state index is 0.389. The molecule has 1 aromatic rings. The van der Waals surface area contributed by atoms with Crippen LogP contribution in [-0.4, -0.2) is 19.6 Å². The van der Waals surface area contributed by atoms with Crippen molar-refractivity contribution < 1.29 is 0 Å². The molecule has 1 aliphatic carbocycles. The van der Waals surface area contributed by atoms with Crippen molar-refractivity contribution in [2.45, 2.75) is 51.5 Å². The van der Waals surface area contributed by atoms with Gasteiger partial charge in [0.2, 0.25) is 0 Å². The van der Waals surface area contributed by atoms with Gasteiger partial charge in [-0.25, -0.2) is 0 Å². The van der Waals surface area contributed by atoms with Crippen LogP contribution in [0.3, 0.4) is 0 Å². The van der Waals surface area contributed by atoms with Crippen LogP contribution in [0, 0.1) is 5.92 Å². The van der Waals surface area contributed by atoms with E-state index in [4.69, 9.17) is 5.73 Å². The number of nitrogens with zero attached hydrogens (tertiary/aromatic N) is 1. The summed E-state index contributed by atoms with van der Waals surface area (Å²) in [6.07, 6.45) is 7.62. The van der Waals surface area contributed by atoms with Gasteiger partial charge in [-0.1, -0.05) is 38.3 Å². The summed E-state index contributed by atoms with van der Waals surface area (Å²) in [6, 6.07) is 9.33. The van der Waals surface area contributed by atoms with Crippen molar-refractivity contribution in [3.8, 4) is 0 Å². The second kappa shape index (κ2) is 6.95. The second-order valence-corrected chi connectivity index (χ2v) is 5.96. The quantitative estimate of drug-likeness (QED) is 0.838. The smallest absolute Gasteiger partial charge is 0.0363 e. The van der Waals surface area contributed by atoms with Crippen molar-refractivity contribution in [1.29, 1.82) is 0 Å². The fraction of sp³-hybridized carbons (Fsp3) is 0.647. The number of hydrogen-bond acceptors (Lipinski definition) is 2. The van der Waals surface area contributed by atoms with Gasteiger partial charge in [0.15, 0.2) is 0 Å². The molecule has 0 bridgehead atoms. The predicted octanol–water partition coefficient (Wildman–Crippen LogP) is 3.59. The van der Waals surface area contributed by atoms with Gasteiger partial charge in [0, 0.05) is 25.3 Å². The van der Waals surface area contributed by atoms with E-state index < -0.39 is 0 Å². The number of benzene rings is 1. The van der Waals surface area contributed by atoms with Crippen LogP contribution in [0.5, 0.6) is 0 Å². The molecule has 0 aromatic heterocycles. The van der Waals surface area contributed by atoms with Crippen molar-refractivity contribution in [3.63, 3.8) is 0 Å². The molecule has 2 heteroatoms. The van der Waals surface area contributed by atoms with E-state index in [9.17, 15) is 0 Å². The molecule has 2 atom stereocenters. The molecule has 1 fully saturated rings. The van der Waals surface area contributed by atoms with Crippen LogP contribution < -0.4 is 10.6 Å². The van der Waals surface area contributed by atoms with Crippen LogP contribution in [0.15, 0.2) is 24.3 Å².